The van der Waals surface area contributed by atoms with E-state index in [0.29, 0.717) is 13.0 Å². The number of hydrogen-bond donors (Lipinski definition) is 2. The topological polar surface area (TPSA) is 62.2 Å². The maximum absolute atomic E-state index is 10.3. The molecule has 14 heavy (non-hydrogen) atoms. The average molecular weight is 235 g/mol. The number of nitrogens with zero attached hydrogens (tertiary/aromatic N) is 1. The third-order valence-corrected chi connectivity index (χ3v) is 2.52. The van der Waals surface area contributed by atoms with E-state index in [-0.39, 0.29) is 5.38 Å². The molecule has 0 aliphatic carbocycles. The van der Waals surface area contributed by atoms with Gasteiger partial charge in [-0.25, -0.2) is 8.93 Å². The highest BCUT2D eigenvalue weighted by Crippen LogP contribution is 2.20. The Kier molecular flexibility index (Phi) is 5.03. The van der Waals surface area contributed by atoms with Gasteiger partial charge >= 0.3 is 0 Å². The Bertz CT molecular complexity index is 297. The zero-order chi connectivity index (χ0) is 10.4. The number of hydrogen-bond acceptors (Lipinski definition) is 2. The van der Waals surface area contributed by atoms with Crippen molar-refractivity contribution in [1.29, 1.82) is 0 Å². The predicted molar refractivity (Wildman–Crippen MR) is 56.2 cm³/mol. The zero-order valence-corrected chi connectivity index (χ0v) is 8.96. The van der Waals surface area contributed by atoms with Crippen LogP contribution in [0.1, 0.15) is 17.5 Å². The van der Waals surface area contributed by atoms with E-state index in [0.717, 1.165) is 5.69 Å². The van der Waals surface area contributed by atoms with Gasteiger partial charge in [0.15, 0.2) is 0 Å². The van der Waals surface area contributed by atoms with Crippen LogP contribution in [0.15, 0.2) is 24.4 Å². The van der Waals surface area contributed by atoms with E-state index in [9.17, 15) is 4.21 Å². The van der Waals surface area contributed by atoms with Crippen LogP contribution in [-0.2, 0) is 11.3 Å². The smallest absolute Gasteiger partial charge is 0.231 e. The number of aromatic nitrogens is 1. The summed E-state index contributed by atoms with van der Waals surface area (Å²) < 4.78 is 21.1. The molecule has 0 fully saturated rings. The molecule has 78 valence electrons. The van der Waals surface area contributed by atoms with Crippen LogP contribution in [0.3, 0.4) is 0 Å². The van der Waals surface area contributed by atoms with Crippen LogP contribution >= 0.6 is 11.6 Å². The molecule has 4 nitrogen and oxygen atoms in total. The summed E-state index contributed by atoms with van der Waals surface area (Å²) in [6.45, 7) is 0.383. The third kappa shape index (κ3) is 4.15. The highest BCUT2D eigenvalue weighted by molar-refractivity contribution is 7.77. The van der Waals surface area contributed by atoms with Gasteiger partial charge in [0.1, 0.15) is 0 Å². The predicted octanol–water partition coefficient (Wildman–Crippen LogP) is 1.48. The highest BCUT2D eigenvalue weighted by atomic mass is 35.5. The summed E-state index contributed by atoms with van der Waals surface area (Å²) in [4.78, 5) is 4.08. The molecule has 0 radical (unpaired) electrons. The molecule has 0 aromatic carbocycles. The Morgan fingerprint density at radius 3 is 3.00 bits per heavy atom. The molecule has 0 bridgehead atoms. The lowest BCUT2D eigenvalue weighted by Crippen LogP contribution is -2.18. The molecular formula is C8H11ClN2O2S. The Labute approximate surface area is 90.1 Å². The minimum atomic E-state index is -1.97. The molecule has 0 aliphatic rings. The summed E-state index contributed by atoms with van der Waals surface area (Å²) in [5.41, 5.74) is 0.777. The molecule has 0 amide bonds. The molecule has 0 spiro atoms. The first-order chi connectivity index (χ1) is 6.70. The lowest BCUT2D eigenvalue weighted by Gasteiger charge is -2.07. The molecule has 2 unspecified atom stereocenters. The lowest BCUT2D eigenvalue weighted by atomic mass is 10.2. The van der Waals surface area contributed by atoms with Gasteiger partial charge in [-0.3, -0.25) is 9.54 Å². The Morgan fingerprint density at radius 1 is 1.64 bits per heavy atom. The number of halogens is 1. The summed E-state index contributed by atoms with van der Waals surface area (Å²) in [7, 11) is 0. The second kappa shape index (κ2) is 6.08. The van der Waals surface area contributed by atoms with E-state index in [2.05, 4.69) is 9.71 Å². The van der Waals surface area contributed by atoms with Crippen molar-refractivity contribution in [3.05, 3.63) is 30.1 Å². The molecule has 0 saturated carbocycles. The Hall–Kier alpha value is -0.490. The van der Waals surface area contributed by atoms with E-state index in [1.54, 1.807) is 6.20 Å². The van der Waals surface area contributed by atoms with Gasteiger partial charge in [-0.1, -0.05) is 6.07 Å². The fourth-order valence-corrected chi connectivity index (χ4v) is 1.51. The van der Waals surface area contributed by atoms with Gasteiger partial charge < -0.3 is 0 Å². The van der Waals surface area contributed by atoms with Crippen molar-refractivity contribution >= 4 is 22.9 Å². The van der Waals surface area contributed by atoms with Gasteiger partial charge in [-0.05, 0) is 18.6 Å². The molecule has 2 atom stereocenters. The average Bonchev–Trinajstić information content (AvgIpc) is 2.18. The van der Waals surface area contributed by atoms with E-state index in [1.165, 1.54) is 0 Å². The summed E-state index contributed by atoms with van der Waals surface area (Å²) in [5, 5.41) is -0.229. The van der Waals surface area contributed by atoms with Gasteiger partial charge in [-0.15, -0.1) is 11.6 Å². The van der Waals surface area contributed by atoms with Crippen molar-refractivity contribution < 1.29 is 8.76 Å². The number of pyridine rings is 1. The molecule has 0 saturated heterocycles. The second-order valence-corrected chi connectivity index (χ2v) is 3.97. The lowest BCUT2D eigenvalue weighted by molar-refractivity contribution is 0.546. The molecule has 1 rings (SSSR count). The monoisotopic (exact) mass is 234 g/mol. The number of nitrogens with one attached hydrogen (secondary N) is 1. The molecule has 1 aromatic rings. The van der Waals surface area contributed by atoms with Crippen LogP contribution in [0.25, 0.3) is 0 Å². The van der Waals surface area contributed by atoms with Crippen molar-refractivity contribution in [3.8, 4) is 0 Å². The first kappa shape index (κ1) is 11.6. The minimum absolute atomic E-state index is 0.229. The molecule has 0 aliphatic heterocycles. The highest BCUT2D eigenvalue weighted by Gasteiger charge is 2.08. The summed E-state index contributed by atoms with van der Waals surface area (Å²) in [6, 6.07) is 5.50. The standard InChI is InChI=1S/C8H11ClN2O2S/c9-7(4-6-11-14(12)13)8-3-1-2-5-10-8/h1-3,5,7,11H,4,6H2,(H,12,13). The first-order valence-electron chi connectivity index (χ1n) is 4.09. The van der Waals surface area contributed by atoms with Gasteiger partial charge in [0, 0.05) is 12.7 Å². The molecule has 2 N–H and O–H groups in total. The van der Waals surface area contributed by atoms with Gasteiger partial charge in [0.05, 0.1) is 11.1 Å². The minimum Gasteiger partial charge on any atom is -0.294 e. The molecule has 6 heteroatoms. The van der Waals surface area contributed by atoms with Crippen LogP contribution in [-0.4, -0.2) is 20.3 Å². The van der Waals surface area contributed by atoms with Crippen molar-refractivity contribution in [3.63, 3.8) is 0 Å². The van der Waals surface area contributed by atoms with Gasteiger partial charge in [0.2, 0.25) is 11.3 Å². The van der Waals surface area contributed by atoms with Crippen molar-refractivity contribution in [2.24, 2.45) is 0 Å². The quantitative estimate of drug-likeness (QED) is 0.599. The molecule has 1 aromatic heterocycles. The van der Waals surface area contributed by atoms with Crippen LogP contribution in [0, 0.1) is 0 Å². The number of rotatable bonds is 5. The van der Waals surface area contributed by atoms with Crippen molar-refractivity contribution in [2.45, 2.75) is 11.8 Å². The zero-order valence-electron chi connectivity index (χ0n) is 7.39. The first-order valence-corrected chi connectivity index (χ1v) is 5.64. The SMILES string of the molecule is O=S(O)NCCC(Cl)c1ccccn1. The fourth-order valence-electron chi connectivity index (χ4n) is 0.982. The molecular weight excluding hydrogens is 224 g/mol. The van der Waals surface area contributed by atoms with Crippen LogP contribution < -0.4 is 4.72 Å². The molecule has 1 heterocycles. The van der Waals surface area contributed by atoms with Crippen molar-refractivity contribution in [1.82, 2.24) is 9.71 Å². The number of alkyl halides is 1. The fraction of sp³-hybridized carbons (Fsp3) is 0.375. The Morgan fingerprint density at radius 2 is 2.43 bits per heavy atom. The van der Waals surface area contributed by atoms with Crippen LogP contribution in [0.4, 0.5) is 0 Å². The van der Waals surface area contributed by atoms with E-state index in [1.807, 2.05) is 18.2 Å². The normalized spacial score (nSPS) is 15.0. The third-order valence-electron chi connectivity index (χ3n) is 1.63. The van der Waals surface area contributed by atoms with E-state index < -0.39 is 11.3 Å². The summed E-state index contributed by atoms with van der Waals surface area (Å²) in [6.07, 6.45) is 2.23. The van der Waals surface area contributed by atoms with Crippen molar-refractivity contribution in [2.75, 3.05) is 6.54 Å². The van der Waals surface area contributed by atoms with Gasteiger partial charge in [0.25, 0.3) is 0 Å². The largest absolute Gasteiger partial charge is 0.294 e. The van der Waals surface area contributed by atoms with E-state index >= 15 is 0 Å². The Balaban J connectivity index is 2.36. The van der Waals surface area contributed by atoms with Gasteiger partial charge in [-0.2, -0.15) is 0 Å². The van der Waals surface area contributed by atoms with Crippen LogP contribution in [0.5, 0.6) is 0 Å². The summed E-state index contributed by atoms with van der Waals surface area (Å²) >= 11 is 4.04. The van der Waals surface area contributed by atoms with E-state index in [4.69, 9.17) is 16.2 Å². The maximum Gasteiger partial charge on any atom is 0.231 e. The second-order valence-electron chi connectivity index (χ2n) is 2.65. The summed E-state index contributed by atoms with van der Waals surface area (Å²) in [5.74, 6) is 0. The maximum atomic E-state index is 10.3. The van der Waals surface area contributed by atoms with Crippen LogP contribution in [0.2, 0.25) is 0 Å².